The number of fused-ring (bicyclic) bond motifs is 4. The number of ether oxygens (including phenoxy) is 2. The molecule has 2 aliphatic heterocycles. The second-order valence-electron chi connectivity index (χ2n) is 16.4. The fraction of sp³-hybridized carbons (Fsp3) is 0.971. The van der Waals surface area contributed by atoms with E-state index in [4.69, 9.17) is 14.6 Å². The molecule has 7 fully saturated rings. The molecule has 6 nitrogen and oxygen atoms in total. The highest BCUT2D eigenvalue weighted by atomic mass is 16.6. The van der Waals surface area contributed by atoms with Gasteiger partial charge in [0, 0.05) is 20.2 Å². The van der Waals surface area contributed by atoms with Crippen LogP contribution < -0.4 is 0 Å². The van der Waals surface area contributed by atoms with E-state index < -0.39 is 0 Å². The average molecular weight is 560 g/mol. The van der Waals surface area contributed by atoms with E-state index in [-0.39, 0.29) is 35.7 Å². The zero-order valence-electron chi connectivity index (χ0n) is 26.4. The fourth-order valence-electron chi connectivity index (χ4n) is 12.4. The predicted molar refractivity (Wildman–Crippen MR) is 156 cm³/mol. The summed E-state index contributed by atoms with van der Waals surface area (Å²) in [6.45, 7) is 16.0. The normalized spacial score (nSPS) is 50.5. The van der Waals surface area contributed by atoms with Crippen molar-refractivity contribution in [2.45, 2.75) is 137 Å². The zero-order valence-corrected chi connectivity index (χ0v) is 26.4. The molecular formula is C34H57NO5. The summed E-state index contributed by atoms with van der Waals surface area (Å²) in [4.78, 5) is 14.6. The minimum atomic E-state index is -0.156. The summed E-state index contributed by atoms with van der Waals surface area (Å²) >= 11 is 0. The third kappa shape index (κ3) is 3.66. The number of carbonyl (C=O) groups excluding carboxylic acids is 1. The van der Waals surface area contributed by atoms with Crippen LogP contribution in [0.2, 0.25) is 0 Å². The molecule has 0 aromatic rings. The van der Waals surface area contributed by atoms with Gasteiger partial charge in [0.15, 0.2) is 0 Å². The first-order chi connectivity index (χ1) is 18.9. The summed E-state index contributed by atoms with van der Waals surface area (Å²) in [5.41, 5.74) is 1.68. The Balaban J connectivity index is 0.00000142. The molecule has 0 bridgehead atoms. The SMILES string of the molecule is CC(C)[C@@H](OC(=O)N1CCC1)C1CCC2C(C[C@@]3(C)C4CC[C@H]5C(C)(C)[C@@H](O)CC[C@@]56C[C@@]46CC[C@]23C)O1.CO. The first kappa shape index (κ1) is 29.2. The summed E-state index contributed by atoms with van der Waals surface area (Å²) in [6.07, 6.45) is 13.4. The maximum Gasteiger partial charge on any atom is 0.410 e. The highest BCUT2D eigenvalue weighted by Crippen LogP contribution is 2.89. The number of hydrogen-bond acceptors (Lipinski definition) is 5. The van der Waals surface area contributed by atoms with Crippen LogP contribution in [0.25, 0.3) is 0 Å². The molecule has 228 valence electrons. The summed E-state index contributed by atoms with van der Waals surface area (Å²) in [6, 6.07) is 0. The molecular weight excluding hydrogens is 502 g/mol. The van der Waals surface area contributed by atoms with Gasteiger partial charge >= 0.3 is 6.09 Å². The number of carbonyl (C=O) groups is 1. The van der Waals surface area contributed by atoms with Crippen molar-refractivity contribution in [2.24, 2.45) is 50.7 Å². The average Bonchev–Trinajstić information content (AvgIpc) is 3.49. The third-order valence-corrected chi connectivity index (χ3v) is 14.7. The van der Waals surface area contributed by atoms with Gasteiger partial charge in [0.1, 0.15) is 6.10 Å². The summed E-state index contributed by atoms with van der Waals surface area (Å²) in [5, 5.41) is 17.9. The van der Waals surface area contributed by atoms with Crippen molar-refractivity contribution >= 4 is 6.09 Å². The Kier molecular flexibility index (Phi) is 7.00. The van der Waals surface area contributed by atoms with Gasteiger partial charge in [-0.15, -0.1) is 0 Å². The third-order valence-electron chi connectivity index (χ3n) is 14.7. The van der Waals surface area contributed by atoms with Crippen molar-refractivity contribution in [3.63, 3.8) is 0 Å². The molecule has 7 rings (SSSR count). The molecule has 0 radical (unpaired) electrons. The van der Waals surface area contributed by atoms with Gasteiger partial charge in [-0.1, -0.05) is 41.5 Å². The number of nitrogens with zero attached hydrogens (tertiary/aromatic N) is 1. The lowest BCUT2D eigenvalue weighted by Gasteiger charge is -2.63. The van der Waals surface area contributed by atoms with Gasteiger partial charge in [0.25, 0.3) is 0 Å². The number of hydrogen-bond donors (Lipinski definition) is 2. The Morgan fingerprint density at radius 3 is 2.23 bits per heavy atom. The van der Waals surface area contributed by atoms with Crippen molar-refractivity contribution in [3.8, 4) is 0 Å². The van der Waals surface area contributed by atoms with Crippen LogP contribution in [0.1, 0.15) is 112 Å². The van der Waals surface area contributed by atoms with Crippen LogP contribution in [0.15, 0.2) is 0 Å². The molecule has 0 aromatic carbocycles. The molecule has 7 aliphatic rings. The van der Waals surface area contributed by atoms with Crippen molar-refractivity contribution in [3.05, 3.63) is 0 Å². The van der Waals surface area contributed by atoms with Crippen molar-refractivity contribution in [1.29, 1.82) is 0 Å². The largest absolute Gasteiger partial charge is 0.443 e. The van der Waals surface area contributed by atoms with E-state index in [1.54, 1.807) is 0 Å². The van der Waals surface area contributed by atoms with E-state index in [1.807, 2.05) is 4.90 Å². The molecule has 2 spiro atoms. The molecule has 40 heavy (non-hydrogen) atoms. The van der Waals surface area contributed by atoms with E-state index in [0.717, 1.165) is 45.4 Å². The molecule has 11 atom stereocenters. The van der Waals surface area contributed by atoms with E-state index in [2.05, 4.69) is 41.5 Å². The second-order valence-corrected chi connectivity index (χ2v) is 16.4. The van der Waals surface area contributed by atoms with E-state index in [1.165, 1.54) is 51.4 Å². The van der Waals surface area contributed by atoms with E-state index in [0.29, 0.717) is 39.6 Å². The molecule has 5 aliphatic carbocycles. The Morgan fingerprint density at radius 1 is 0.900 bits per heavy atom. The Hall–Kier alpha value is -0.850. The van der Waals surface area contributed by atoms with Crippen LogP contribution in [0, 0.1) is 50.7 Å². The van der Waals surface area contributed by atoms with Crippen LogP contribution in [-0.4, -0.2) is 65.8 Å². The van der Waals surface area contributed by atoms with Crippen LogP contribution in [-0.2, 0) is 9.47 Å². The molecule has 6 heteroatoms. The molecule has 2 heterocycles. The number of amides is 1. The lowest BCUT2D eigenvalue weighted by atomic mass is 9.42. The second kappa shape index (κ2) is 9.58. The number of aliphatic hydroxyl groups is 2. The van der Waals surface area contributed by atoms with Gasteiger partial charge in [-0.2, -0.15) is 0 Å². The Labute approximate surface area is 242 Å². The summed E-state index contributed by atoms with van der Waals surface area (Å²) in [5.74, 6) is 2.34. The van der Waals surface area contributed by atoms with Gasteiger partial charge in [0.05, 0.1) is 18.3 Å². The monoisotopic (exact) mass is 559 g/mol. The van der Waals surface area contributed by atoms with Gasteiger partial charge in [0.2, 0.25) is 0 Å². The smallest absolute Gasteiger partial charge is 0.410 e. The lowest BCUT2D eigenvalue weighted by Crippen LogP contribution is -2.57. The van der Waals surface area contributed by atoms with Crippen LogP contribution >= 0.6 is 0 Å². The van der Waals surface area contributed by atoms with E-state index >= 15 is 0 Å². The summed E-state index contributed by atoms with van der Waals surface area (Å²) in [7, 11) is 1.00. The van der Waals surface area contributed by atoms with Gasteiger partial charge in [-0.25, -0.2) is 4.79 Å². The van der Waals surface area contributed by atoms with Crippen molar-refractivity contribution in [2.75, 3.05) is 20.2 Å². The van der Waals surface area contributed by atoms with Crippen LogP contribution in [0.5, 0.6) is 0 Å². The quantitative estimate of drug-likeness (QED) is 0.417. The highest BCUT2D eigenvalue weighted by Gasteiger charge is 2.82. The fourth-order valence-corrected chi connectivity index (χ4v) is 12.4. The minimum Gasteiger partial charge on any atom is -0.443 e. The van der Waals surface area contributed by atoms with Gasteiger partial charge in [-0.05, 0) is 121 Å². The molecule has 2 saturated heterocycles. The predicted octanol–water partition coefficient (Wildman–Crippen LogP) is 6.42. The first-order valence-electron chi connectivity index (χ1n) is 16.6. The summed E-state index contributed by atoms with van der Waals surface area (Å²) < 4.78 is 13.1. The topological polar surface area (TPSA) is 79.2 Å². The van der Waals surface area contributed by atoms with Crippen LogP contribution in [0.3, 0.4) is 0 Å². The highest BCUT2D eigenvalue weighted by molar-refractivity contribution is 5.68. The van der Waals surface area contributed by atoms with Crippen LogP contribution in [0.4, 0.5) is 4.79 Å². The number of aliphatic hydroxyl groups excluding tert-OH is 2. The molecule has 5 saturated carbocycles. The van der Waals surface area contributed by atoms with Crippen molar-refractivity contribution < 1.29 is 24.5 Å². The lowest BCUT2D eigenvalue weighted by molar-refractivity contribution is -0.165. The Morgan fingerprint density at radius 2 is 1.57 bits per heavy atom. The maximum atomic E-state index is 12.7. The van der Waals surface area contributed by atoms with Gasteiger partial charge < -0.3 is 24.6 Å². The first-order valence-corrected chi connectivity index (χ1v) is 16.6. The standard InChI is InChI=1S/C33H53NO4.CH4O/c1-20(2)27(38-28(36)34-16-7-17-34)22-9-8-21-23(37-22)18-31(6)25-11-10-24-29(3,4)26(35)12-13-32(24)19-33(25,32)15-14-30(21,31)5;1-2/h20-27,35H,7-19H2,1-6H3;2H,1H3/t21?,22?,23?,24-,25?,26-,27+,30+,31-,32+,33-;/m0./s1. The number of rotatable bonds is 3. The number of likely N-dealkylation sites (tertiary alicyclic amines) is 1. The molecule has 1 amide bonds. The minimum absolute atomic E-state index is 0.0198. The van der Waals surface area contributed by atoms with E-state index in [9.17, 15) is 9.90 Å². The zero-order chi connectivity index (χ0) is 28.9. The van der Waals surface area contributed by atoms with Gasteiger partial charge in [-0.3, -0.25) is 0 Å². The molecule has 2 N–H and O–H groups in total. The molecule has 4 unspecified atom stereocenters. The molecule has 0 aromatic heterocycles. The van der Waals surface area contributed by atoms with Crippen molar-refractivity contribution in [1.82, 2.24) is 4.90 Å². The Bertz CT molecular complexity index is 995. The maximum absolute atomic E-state index is 12.7.